The highest BCUT2D eigenvalue weighted by atomic mass is 127. The molecule has 0 aliphatic heterocycles. The van der Waals surface area contributed by atoms with Gasteiger partial charge in [-0.3, -0.25) is 0 Å². The second-order valence-corrected chi connectivity index (χ2v) is 6.79. The van der Waals surface area contributed by atoms with Gasteiger partial charge in [0.25, 0.3) is 0 Å². The van der Waals surface area contributed by atoms with E-state index in [1.54, 1.807) is 7.11 Å². The first kappa shape index (κ1) is 15.3. The average Bonchev–Trinajstić information content (AvgIpc) is 2.71. The first-order valence-corrected chi connectivity index (χ1v) is 8.25. The van der Waals surface area contributed by atoms with E-state index >= 15 is 0 Å². The number of hydrogen-bond donors (Lipinski definition) is 0. The third-order valence-electron chi connectivity index (χ3n) is 3.03. The Labute approximate surface area is 138 Å². The Morgan fingerprint density at radius 3 is 2.25 bits per heavy atom. The van der Waals surface area contributed by atoms with Crippen LogP contribution in [0.15, 0.2) is 36.4 Å². The molecule has 0 saturated heterocycles. The largest absolute Gasteiger partial charge is 0.497 e. The van der Waals surface area contributed by atoms with Crippen LogP contribution in [0.25, 0.3) is 12.2 Å². The van der Waals surface area contributed by atoms with Gasteiger partial charge in [0.2, 0.25) is 0 Å². The number of aryl methyl sites for hydroxylation is 1. The summed E-state index contributed by atoms with van der Waals surface area (Å²) in [6, 6.07) is 8.04. The molecule has 1 nitrogen and oxygen atoms in total. The number of allylic oxidation sites excluding steroid dienone is 2. The summed E-state index contributed by atoms with van der Waals surface area (Å²) < 4.78 is 6.52. The molecule has 0 aliphatic carbocycles. The first-order valence-electron chi connectivity index (χ1n) is 6.36. The maximum absolute atomic E-state index is 5.14. The Morgan fingerprint density at radius 2 is 1.70 bits per heavy atom. The molecule has 0 N–H and O–H groups in total. The van der Waals surface area contributed by atoms with Gasteiger partial charge in [0.15, 0.2) is 0 Å². The Balaban J connectivity index is 2.04. The van der Waals surface area contributed by atoms with Crippen molar-refractivity contribution in [3.05, 3.63) is 60.9 Å². The van der Waals surface area contributed by atoms with Crippen LogP contribution in [0.4, 0.5) is 0 Å². The standard InChI is InChI=1S/C17H17IOS/c1-12-16(20-13(2)17(12)18)7-5-4-6-14-8-10-15(19-3)11-9-14/h4-11H,1-3H3. The molecule has 0 saturated carbocycles. The van der Waals surface area contributed by atoms with Crippen molar-refractivity contribution in [2.75, 3.05) is 7.11 Å². The lowest BCUT2D eigenvalue weighted by Crippen LogP contribution is -1.81. The van der Waals surface area contributed by atoms with E-state index in [1.807, 2.05) is 35.6 Å². The van der Waals surface area contributed by atoms with Crippen LogP contribution in [-0.4, -0.2) is 7.11 Å². The van der Waals surface area contributed by atoms with Gasteiger partial charge in [0, 0.05) is 13.3 Å². The Bertz CT molecular complexity index is 636. The summed E-state index contributed by atoms with van der Waals surface area (Å²) in [6.07, 6.45) is 8.44. The molecule has 0 radical (unpaired) electrons. The number of benzene rings is 1. The van der Waals surface area contributed by atoms with Gasteiger partial charge in [-0.05, 0) is 65.8 Å². The Morgan fingerprint density at radius 1 is 1.05 bits per heavy atom. The molecule has 0 amide bonds. The zero-order valence-electron chi connectivity index (χ0n) is 11.8. The van der Waals surface area contributed by atoms with Crippen molar-refractivity contribution >= 4 is 46.1 Å². The van der Waals surface area contributed by atoms with E-state index in [9.17, 15) is 0 Å². The molecule has 0 unspecified atom stereocenters. The monoisotopic (exact) mass is 396 g/mol. The third kappa shape index (κ3) is 3.73. The van der Waals surface area contributed by atoms with Crippen LogP contribution in [0.2, 0.25) is 0 Å². The highest BCUT2D eigenvalue weighted by Crippen LogP contribution is 2.29. The topological polar surface area (TPSA) is 9.23 Å². The smallest absolute Gasteiger partial charge is 0.118 e. The van der Waals surface area contributed by atoms with Crippen LogP contribution < -0.4 is 4.74 Å². The van der Waals surface area contributed by atoms with Crippen LogP contribution >= 0.6 is 33.9 Å². The molecule has 0 bridgehead atoms. The van der Waals surface area contributed by atoms with E-state index in [1.165, 1.54) is 24.5 Å². The highest BCUT2D eigenvalue weighted by molar-refractivity contribution is 14.1. The molecule has 1 aromatic carbocycles. The molecule has 2 aromatic rings. The number of thiophene rings is 1. The molecular formula is C17H17IOS. The van der Waals surface area contributed by atoms with Crippen molar-refractivity contribution in [2.24, 2.45) is 0 Å². The van der Waals surface area contributed by atoms with Crippen LogP contribution in [0.1, 0.15) is 20.9 Å². The minimum absolute atomic E-state index is 0.886. The number of rotatable bonds is 4. The second-order valence-electron chi connectivity index (χ2n) is 4.45. The molecule has 0 atom stereocenters. The van der Waals surface area contributed by atoms with E-state index in [0.717, 1.165) is 5.75 Å². The summed E-state index contributed by atoms with van der Waals surface area (Å²) in [5.41, 5.74) is 2.55. The average molecular weight is 396 g/mol. The van der Waals surface area contributed by atoms with Gasteiger partial charge < -0.3 is 4.74 Å². The van der Waals surface area contributed by atoms with Crippen LogP contribution in [0.3, 0.4) is 0 Å². The fourth-order valence-electron chi connectivity index (χ4n) is 1.84. The van der Waals surface area contributed by atoms with Gasteiger partial charge >= 0.3 is 0 Å². The maximum atomic E-state index is 5.14. The van der Waals surface area contributed by atoms with E-state index in [4.69, 9.17) is 4.74 Å². The molecule has 0 fully saturated rings. The van der Waals surface area contributed by atoms with E-state index in [0.29, 0.717) is 0 Å². The summed E-state index contributed by atoms with van der Waals surface area (Å²) >= 11 is 4.26. The van der Waals surface area contributed by atoms with Crippen LogP contribution in [0.5, 0.6) is 5.75 Å². The Kier molecular flexibility index (Phi) is 5.43. The zero-order valence-corrected chi connectivity index (χ0v) is 14.8. The molecule has 1 aromatic heterocycles. The van der Waals surface area contributed by atoms with Crippen molar-refractivity contribution in [1.29, 1.82) is 0 Å². The van der Waals surface area contributed by atoms with Crippen LogP contribution in [-0.2, 0) is 0 Å². The molecule has 0 aliphatic rings. The fraction of sp³-hybridized carbons (Fsp3) is 0.176. The number of methoxy groups -OCH3 is 1. The predicted molar refractivity (Wildman–Crippen MR) is 97.6 cm³/mol. The summed E-state index contributed by atoms with van der Waals surface area (Å²) in [7, 11) is 1.68. The minimum atomic E-state index is 0.886. The van der Waals surface area contributed by atoms with Gasteiger partial charge in [-0.2, -0.15) is 0 Å². The fourth-order valence-corrected chi connectivity index (χ4v) is 3.62. The molecule has 2 rings (SSSR count). The second kappa shape index (κ2) is 7.09. The van der Waals surface area contributed by atoms with Gasteiger partial charge in [0.1, 0.15) is 5.75 Å². The zero-order chi connectivity index (χ0) is 14.5. The van der Waals surface area contributed by atoms with Crippen molar-refractivity contribution in [2.45, 2.75) is 13.8 Å². The summed E-state index contributed by atoms with van der Waals surface area (Å²) in [5, 5.41) is 0. The molecule has 0 spiro atoms. The maximum Gasteiger partial charge on any atom is 0.118 e. The summed E-state index contributed by atoms with van der Waals surface area (Å²) in [6.45, 7) is 4.35. The van der Waals surface area contributed by atoms with Crippen molar-refractivity contribution < 1.29 is 4.74 Å². The lowest BCUT2D eigenvalue weighted by Gasteiger charge is -1.98. The quantitative estimate of drug-likeness (QED) is 0.476. The van der Waals surface area contributed by atoms with Crippen molar-refractivity contribution in [3.8, 4) is 5.75 Å². The van der Waals surface area contributed by atoms with E-state index in [-0.39, 0.29) is 0 Å². The van der Waals surface area contributed by atoms with Gasteiger partial charge in [-0.15, -0.1) is 11.3 Å². The Hall–Kier alpha value is -1.07. The summed E-state index contributed by atoms with van der Waals surface area (Å²) in [5.74, 6) is 0.886. The van der Waals surface area contributed by atoms with E-state index < -0.39 is 0 Å². The van der Waals surface area contributed by atoms with Crippen molar-refractivity contribution in [3.63, 3.8) is 0 Å². The minimum Gasteiger partial charge on any atom is -0.497 e. The molecule has 3 heteroatoms. The SMILES string of the molecule is COc1ccc(C=CC=Cc2sc(C)c(I)c2C)cc1. The number of ether oxygens (including phenoxy) is 1. The van der Waals surface area contributed by atoms with Gasteiger partial charge in [0.05, 0.1) is 7.11 Å². The molecular weight excluding hydrogens is 379 g/mol. The predicted octanol–water partition coefficient (Wildman–Crippen LogP) is 5.70. The molecule has 104 valence electrons. The molecule has 20 heavy (non-hydrogen) atoms. The highest BCUT2D eigenvalue weighted by Gasteiger charge is 2.06. The van der Waals surface area contributed by atoms with Gasteiger partial charge in [-0.1, -0.05) is 30.4 Å². The normalized spacial score (nSPS) is 11.6. The molecule has 1 heterocycles. The van der Waals surface area contributed by atoms with Gasteiger partial charge in [-0.25, -0.2) is 0 Å². The number of hydrogen-bond acceptors (Lipinski definition) is 2. The summed E-state index contributed by atoms with van der Waals surface area (Å²) in [4.78, 5) is 2.73. The number of halogens is 1. The van der Waals surface area contributed by atoms with Crippen molar-refractivity contribution in [1.82, 2.24) is 0 Å². The first-order chi connectivity index (χ1) is 9.61. The lowest BCUT2D eigenvalue weighted by atomic mass is 10.2. The van der Waals surface area contributed by atoms with E-state index in [2.05, 4.69) is 60.7 Å². The lowest BCUT2D eigenvalue weighted by molar-refractivity contribution is 0.415. The van der Waals surface area contributed by atoms with Crippen LogP contribution in [0, 0.1) is 17.4 Å². The third-order valence-corrected chi connectivity index (χ3v) is 6.19.